The molecule has 21 heavy (non-hydrogen) atoms. The van der Waals surface area contributed by atoms with E-state index in [1.165, 1.54) is 12.8 Å². The van der Waals surface area contributed by atoms with Crippen LogP contribution in [-0.4, -0.2) is 26.3 Å². The Morgan fingerprint density at radius 1 is 1.24 bits per heavy atom. The average Bonchev–Trinajstić information content (AvgIpc) is 3.26. The van der Waals surface area contributed by atoms with Crippen LogP contribution in [0.25, 0.3) is 5.82 Å². The molecule has 0 spiro atoms. The number of rotatable bonds is 4. The van der Waals surface area contributed by atoms with Gasteiger partial charge >= 0.3 is 0 Å². The standard InChI is InChI=1S/C15H20BrN5/c1-5-17-13-8(2)15(19-14(18-13)11-6-7-11)21-10(4)12(16)9(3)20-21/h11H,5-7H2,1-4H3,(H,17,18,19). The minimum Gasteiger partial charge on any atom is -0.370 e. The summed E-state index contributed by atoms with van der Waals surface area (Å²) < 4.78 is 2.96. The first-order valence-electron chi connectivity index (χ1n) is 7.37. The number of aromatic nitrogens is 4. The molecule has 0 atom stereocenters. The molecule has 3 rings (SSSR count). The van der Waals surface area contributed by atoms with Gasteiger partial charge in [0.25, 0.3) is 0 Å². The molecule has 0 bridgehead atoms. The first kappa shape index (κ1) is 14.5. The van der Waals surface area contributed by atoms with E-state index < -0.39 is 0 Å². The van der Waals surface area contributed by atoms with Crippen LogP contribution < -0.4 is 5.32 Å². The number of nitrogens with zero attached hydrogens (tertiary/aromatic N) is 4. The van der Waals surface area contributed by atoms with E-state index in [9.17, 15) is 0 Å². The van der Waals surface area contributed by atoms with Gasteiger partial charge in [-0.15, -0.1) is 0 Å². The summed E-state index contributed by atoms with van der Waals surface area (Å²) in [7, 11) is 0. The number of anilines is 1. The van der Waals surface area contributed by atoms with E-state index in [1.807, 2.05) is 18.5 Å². The zero-order valence-corrected chi connectivity index (χ0v) is 14.5. The highest BCUT2D eigenvalue weighted by molar-refractivity contribution is 9.10. The molecule has 0 aromatic carbocycles. The molecule has 1 saturated carbocycles. The van der Waals surface area contributed by atoms with Gasteiger partial charge in [-0.1, -0.05) is 0 Å². The van der Waals surface area contributed by atoms with E-state index in [0.717, 1.165) is 45.4 Å². The van der Waals surface area contributed by atoms with Gasteiger partial charge in [0.05, 0.1) is 15.9 Å². The Bertz CT molecular complexity index is 688. The van der Waals surface area contributed by atoms with Crippen molar-refractivity contribution in [3.63, 3.8) is 0 Å². The van der Waals surface area contributed by atoms with Gasteiger partial charge in [0.15, 0.2) is 5.82 Å². The third kappa shape index (κ3) is 2.57. The smallest absolute Gasteiger partial charge is 0.162 e. The zero-order valence-electron chi connectivity index (χ0n) is 12.9. The summed E-state index contributed by atoms with van der Waals surface area (Å²) in [4.78, 5) is 9.49. The maximum atomic E-state index is 4.79. The van der Waals surface area contributed by atoms with Crippen LogP contribution in [0.4, 0.5) is 5.82 Å². The molecule has 2 aromatic rings. The van der Waals surface area contributed by atoms with Crippen molar-refractivity contribution in [3.8, 4) is 5.82 Å². The van der Waals surface area contributed by atoms with Gasteiger partial charge in [0.1, 0.15) is 11.6 Å². The summed E-state index contributed by atoms with van der Waals surface area (Å²) in [6.07, 6.45) is 2.38. The van der Waals surface area contributed by atoms with E-state index in [0.29, 0.717) is 5.92 Å². The van der Waals surface area contributed by atoms with Gasteiger partial charge in [-0.25, -0.2) is 14.6 Å². The van der Waals surface area contributed by atoms with Crippen LogP contribution in [-0.2, 0) is 0 Å². The van der Waals surface area contributed by atoms with E-state index in [1.54, 1.807) is 0 Å². The van der Waals surface area contributed by atoms with Crippen LogP contribution in [0.1, 0.15) is 48.5 Å². The SMILES string of the molecule is CCNc1nc(C2CC2)nc(-n2nc(C)c(Br)c2C)c1C. The van der Waals surface area contributed by atoms with Crippen LogP contribution in [0.3, 0.4) is 0 Å². The molecule has 1 fully saturated rings. The molecule has 0 saturated heterocycles. The van der Waals surface area contributed by atoms with Crippen LogP contribution >= 0.6 is 15.9 Å². The maximum Gasteiger partial charge on any atom is 0.162 e. The molecule has 1 aliphatic carbocycles. The summed E-state index contributed by atoms with van der Waals surface area (Å²) in [5.74, 6) is 3.26. The van der Waals surface area contributed by atoms with Gasteiger partial charge in [-0.05, 0) is 56.5 Å². The maximum absolute atomic E-state index is 4.79. The summed E-state index contributed by atoms with van der Waals surface area (Å²) in [5, 5.41) is 7.96. The molecule has 0 radical (unpaired) electrons. The van der Waals surface area contributed by atoms with Crippen LogP contribution in [0.2, 0.25) is 0 Å². The van der Waals surface area contributed by atoms with Crippen LogP contribution in [0.5, 0.6) is 0 Å². The third-order valence-electron chi connectivity index (χ3n) is 3.83. The molecule has 0 aliphatic heterocycles. The highest BCUT2D eigenvalue weighted by atomic mass is 79.9. The number of aryl methyl sites for hydroxylation is 1. The van der Waals surface area contributed by atoms with Gasteiger partial charge < -0.3 is 5.32 Å². The Labute approximate surface area is 133 Å². The lowest BCUT2D eigenvalue weighted by Gasteiger charge is -2.14. The van der Waals surface area contributed by atoms with Crippen molar-refractivity contribution >= 4 is 21.7 Å². The first-order chi connectivity index (χ1) is 10.0. The second-order valence-corrected chi connectivity index (χ2v) is 6.37. The van der Waals surface area contributed by atoms with E-state index in [4.69, 9.17) is 9.97 Å². The fraction of sp³-hybridized carbons (Fsp3) is 0.533. The first-order valence-corrected chi connectivity index (χ1v) is 8.16. The van der Waals surface area contributed by atoms with Crippen molar-refractivity contribution < 1.29 is 0 Å². The highest BCUT2D eigenvalue weighted by Crippen LogP contribution is 2.39. The van der Waals surface area contributed by atoms with Crippen molar-refractivity contribution in [1.82, 2.24) is 19.7 Å². The summed E-state index contributed by atoms with van der Waals surface area (Å²) in [6.45, 7) is 9.03. The van der Waals surface area contributed by atoms with Gasteiger partial charge in [-0.3, -0.25) is 0 Å². The predicted molar refractivity (Wildman–Crippen MR) is 87.2 cm³/mol. The highest BCUT2D eigenvalue weighted by Gasteiger charge is 2.29. The molecule has 5 nitrogen and oxygen atoms in total. The third-order valence-corrected chi connectivity index (χ3v) is 4.98. The minimum absolute atomic E-state index is 0.516. The minimum atomic E-state index is 0.516. The molecule has 2 aromatic heterocycles. The van der Waals surface area contributed by atoms with Crippen molar-refractivity contribution in [2.75, 3.05) is 11.9 Å². The fourth-order valence-electron chi connectivity index (χ4n) is 2.42. The normalized spacial score (nSPS) is 14.5. The average molecular weight is 350 g/mol. The van der Waals surface area contributed by atoms with Crippen LogP contribution in [0.15, 0.2) is 4.47 Å². The second-order valence-electron chi connectivity index (χ2n) is 5.58. The van der Waals surface area contributed by atoms with Gasteiger partial charge in [-0.2, -0.15) is 5.10 Å². The Hall–Kier alpha value is -1.43. The lowest BCUT2D eigenvalue weighted by atomic mass is 10.2. The fourth-order valence-corrected chi connectivity index (χ4v) is 2.67. The lowest BCUT2D eigenvalue weighted by molar-refractivity contribution is 0.772. The molecule has 112 valence electrons. The van der Waals surface area contributed by atoms with Gasteiger partial charge in [0.2, 0.25) is 0 Å². The van der Waals surface area contributed by atoms with Gasteiger partial charge in [0, 0.05) is 18.0 Å². The lowest BCUT2D eigenvalue weighted by Crippen LogP contribution is -2.12. The molecule has 6 heteroatoms. The molecule has 2 heterocycles. The Morgan fingerprint density at radius 3 is 2.48 bits per heavy atom. The van der Waals surface area contributed by atoms with E-state index >= 15 is 0 Å². The topological polar surface area (TPSA) is 55.6 Å². The molecule has 1 aliphatic rings. The number of halogens is 1. The molecule has 0 unspecified atom stereocenters. The second kappa shape index (κ2) is 5.40. The Balaban J connectivity index is 2.17. The molecule has 0 amide bonds. The van der Waals surface area contributed by atoms with Crippen molar-refractivity contribution in [3.05, 3.63) is 27.2 Å². The van der Waals surface area contributed by atoms with Crippen LogP contribution in [0, 0.1) is 20.8 Å². The molecular formula is C15H20BrN5. The van der Waals surface area contributed by atoms with E-state index in [2.05, 4.69) is 40.2 Å². The molecular weight excluding hydrogens is 330 g/mol. The summed E-state index contributed by atoms with van der Waals surface area (Å²) in [5.41, 5.74) is 3.08. The number of hydrogen-bond acceptors (Lipinski definition) is 4. The predicted octanol–water partition coefficient (Wildman–Crippen LogP) is 3.66. The van der Waals surface area contributed by atoms with Crippen molar-refractivity contribution in [2.45, 2.75) is 46.5 Å². The summed E-state index contributed by atoms with van der Waals surface area (Å²) >= 11 is 3.59. The number of hydrogen-bond donors (Lipinski definition) is 1. The van der Waals surface area contributed by atoms with Crippen molar-refractivity contribution in [1.29, 1.82) is 0 Å². The zero-order chi connectivity index (χ0) is 15.1. The largest absolute Gasteiger partial charge is 0.370 e. The number of nitrogens with one attached hydrogen (secondary N) is 1. The Kier molecular flexibility index (Phi) is 3.73. The van der Waals surface area contributed by atoms with E-state index in [-0.39, 0.29) is 0 Å². The monoisotopic (exact) mass is 349 g/mol. The quantitative estimate of drug-likeness (QED) is 0.914. The Morgan fingerprint density at radius 2 is 1.95 bits per heavy atom. The summed E-state index contributed by atoms with van der Waals surface area (Å²) in [6, 6.07) is 0. The van der Waals surface area contributed by atoms with Crippen molar-refractivity contribution in [2.24, 2.45) is 0 Å². The molecule has 1 N–H and O–H groups in total.